The van der Waals surface area contributed by atoms with E-state index in [4.69, 9.17) is 5.11 Å². The summed E-state index contributed by atoms with van der Waals surface area (Å²) in [7, 11) is 0. The smallest absolute Gasteiger partial charge is 0.338 e. The number of benzene rings is 1. The number of carbonyl (C=O) groups excluding carboxylic acids is 1. The Kier molecular flexibility index (Phi) is 5.22. The Morgan fingerprint density at radius 1 is 1.39 bits per heavy atom. The number of hydrogen-bond acceptors (Lipinski definition) is 3. The first-order valence-electron chi connectivity index (χ1n) is 5.66. The molecular weight excluding hydrogens is 250 g/mol. The third-order valence-corrected chi connectivity index (χ3v) is 3.40. The van der Waals surface area contributed by atoms with Crippen LogP contribution in [0.25, 0.3) is 0 Å². The topological polar surface area (TPSA) is 66.4 Å². The Labute approximate surface area is 111 Å². The van der Waals surface area contributed by atoms with Crippen LogP contribution in [-0.4, -0.2) is 28.0 Å². The molecule has 0 aromatic heterocycles. The zero-order chi connectivity index (χ0) is 13.7. The third-order valence-electron chi connectivity index (χ3n) is 2.31. The van der Waals surface area contributed by atoms with E-state index in [0.29, 0.717) is 22.3 Å². The number of nitrogens with one attached hydrogen (secondary N) is 1. The Morgan fingerprint density at radius 3 is 2.61 bits per heavy atom. The molecule has 0 bridgehead atoms. The van der Waals surface area contributed by atoms with Crippen molar-refractivity contribution in [3.8, 4) is 0 Å². The van der Waals surface area contributed by atoms with E-state index in [1.807, 2.05) is 13.8 Å². The van der Waals surface area contributed by atoms with E-state index in [-0.39, 0.29) is 11.5 Å². The lowest BCUT2D eigenvalue weighted by atomic mass is 10.1. The number of rotatable bonds is 5. The fraction of sp³-hybridized carbons (Fsp3) is 0.385. The van der Waals surface area contributed by atoms with E-state index in [1.165, 1.54) is 11.8 Å². The Morgan fingerprint density at radius 2 is 2.06 bits per heavy atom. The minimum Gasteiger partial charge on any atom is -0.478 e. The predicted octanol–water partition coefficient (Wildman–Crippen LogP) is 2.77. The second-order valence-corrected chi connectivity index (χ2v) is 5.78. The van der Waals surface area contributed by atoms with Gasteiger partial charge >= 0.3 is 5.97 Å². The number of carboxylic acid groups (broad SMARTS) is 1. The maximum Gasteiger partial charge on any atom is 0.338 e. The molecule has 4 nitrogen and oxygen atoms in total. The maximum absolute atomic E-state index is 11.7. The van der Waals surface area contributed by atoms with Crippen LogP contribution in [0.2, 0.25) is 0 Å². The van der Waals surface area contributed by atoms with E-state index in [9.17, 15) is 9.59 Å². The van der Waals surface area contributed by atoms with Crippen molar-refractivity contribution >= 4 is 29.3 Å². The molecular formula is C13H17NO3S. The van der Waals surface area contributed by atoms with Crippen molar-refractivity contribution in [1.29, 1.82) is 0 Å². The fourth-order valence-corrected chi connectivity index (χ4v) is 2.04. The summed E-state index contributed by atoms with van der Waals surface area (Å²) in [6, 6.07) is 5.04. The first-order chi connectivity index (χ1) is 8.41. The zero-order valence-corrected chi connectivity index (χ0v) is 11.5. The van der Waals surface area contributed by atoms with Crippen LogP contribution < -0.4 is 5.32 Å². The SMILES string of the molecule is Cc1cccc(NC(=O)CSC(C)C)c1C(=O)O. The van der Waals surface area contributed by atoms with Crippen molar-refractivity contribution in [2.45, 2.75) is 26.0 Å². The van der Waals surface area contributed by atoms with Gasteiger partial charge in [0.15, 0.2) is 0 Å². The summed E-state index contributed by atoms with van der Waals surface area (Å²) >= 11 is 1.52. The Bertz CT molecular complexity index is 458. The molecule has 0 heterocycles. The highest BCUT2D eigenvalue weighted by Gasteiger charge is 2.14. The molecule has 0 aliphatic carbocycles. The predicted molar refractivity (Wildman–Crippen MR) is 74.4 cm³/mol. The van der Waals surface area contributed by atoms with Crippen LogP contribution >= 0.6 is 11.8 Å². The Balaban J connectivity index is 2.81. The van der Waals surface area contributed by atoms with Crippen molar-refractivity contribution in [1.82, 2.24) is 0 Å². The van der Waals surface area contributed by atoms with Crippen LogP contribution in [0, 0.1) is 6.92 Å². The van der Waals surface area contributed by atoms with Gasteiger partial charge in [-0.1, -0.05) is 26.0 Å². The van der Waals surface area contributed by atoms with Gasteiger partial charge in [-0.3, -0.25) is 4.79 Å². The van der Waals surface area contributed by atoms with Gasteiger partial charge in [0.05, 0.1) is 17.0 Å². The highest BCUT2D eigenvalue weighted by molar-refractivity contribution is 8.00. The lowest BCUT2D eigenvalue weighted by molar-refractivity contribution is -0.113. The number of aromatic carboxylic acids is 1. The number of amides is 1. The number of hydrogen-bond donors (Lipinski definition) is 2. The van der Waals surface area contributed by atoms with Gasteiger partial charge in [0.2, 0.25) is 5.91 Å². The molecule has 0 aliphatic heterocycles. The zero-order valence-electron chi connectivity index (χ0n) is 10.7. The van der Waals surface area contributed by atoms with E-state index < -0.39 is 5.97 Å². The largest absolute Gasteiger partial charge is 0.478 e. The maximum atomic E-state index is 11.7. The summed E-state index contributed by atoms with van der Waals surface area (Å²) in [5, 5.41) is 12.1. The molecule has 0 spiro atoms. The first kappa shape index (κ1) is 14.6. The highest BCUT2D eigenvalue weighted by atomic mass is 32.2. The molecule has 1 aromatic rings. The fourth-order valence-electron chi connectivity index (χ4n) is 1.48. The molecule has 0 aliphatic rings. The second-order valence-electron chi connectivity index (χ2n) is 4.21. The minimum absolute atomic E-state index is 0.153. The van der Waals surface area contributed by atoms with Crippen molar-refractivity contribution in [3.63, 3.8) is 0 Å². The summed E-state index contributed by atoms with van der Waals surface area (Å²) in [4.78, 5) is 22.8. The van der Waals surface area contributed by atoms with Gasteiger partial charge in [-0.15, -0.1) is 11.8 Å². The molecule has 0 unspecified atom stereocenters. The minimum atomic E-state index is -1.03. The molecule has 1 aromatic carbocycles. The lowest BCUT2D eigenvalue weighted by Crippen LogP contribution is -2.18. The third kappa shape index (κ3) is 4.07. The van der Waals surface area contributed by atoms with E-state index in [1.54, 1.807) is 25.1 Å². The van der Waals surface area contributed by atoms with Crippen LogP contribution in [0.15, 0.2) is 18.2 Å². The van der Waals surface area contributed by atoms with E-state index in [0.717, 1.165) is 0 Å². The molecule has 5 heteroatoms. The van der Waals surface area contributed by atoms with Gasteiger partial charge in [0, 0.05) is 0 Å². The van der Waals surface area contributed by atoms with Gasteiger partial charge in [-0.05, 0) is 23.8 Å². The summed E-state index contributed by atoms with van der Waals surface area (Å²) in [6.07, 6.45) is 0. The van der Waals surface area contributed by atoms with Gasteiger partial charge in [-0.2, -0.15) is 0 Å². The lowest BCUT2D eigenvalue weighted by Gasteiger charge is -2.11. The number of carbonyl (C=O) groups is 2. The Hall–Kier alpha value is -1.49. The average Bonchev–Trinajstić information content (AvgIpc) is 2.26. The van der Waals surface area contributed by atoms with Gasteiger partial charge in [-0.25, -0.2) is 4.79 Å². The van der Waals surface area contributed by atoms with Crippen LogP contribution in [0.4, 0.5) is 5.69 Å². The average molecular weight is 267 g/mol. The molecule has 0 saturated heterocycles. The van der Waals surface area contributed by atoms with E-state index in [2.05, 4.69) is 5.32 Å². The van der Waals surface area contributed by atoms with Gasteiger partial charge < -0.3 is 10.4 Å². The van der Waals surface area contributed by atoms with E-state index >= 15 is 0 Å². The molecule has 0 atom stereocenters. The first-order valence-corrected chi connectivity index (χ1v) is 6.71. The van der Waals surface area contributed by atoms with Crippen molar-refractivity contribution < 1.29 is 14.7 Å². The van der Waals surface area contributed by atoms with Gasteiger partial charge in [0.1, 0.15) is 0 Å². The van der Waals surface area contributed by atoms with Gasteiger partial charge in [0.25, 0.3) is 0 Å². The van der Waals surface area contributed by atoms with Crippen LogP contribution in [0.1, 0.15) is 29.8 Å². The normalized spacial score (nSPS) is 10.4. The van der Waals surface area contributed by atoms with Crippen LogP contribution in [0.3, 0.4) is 0 Å². The summed E-state index contributed by atoms with van der Waals surface area (Å²) in [5.41, 5.74) is 1.15. The standard InChI is InChI=1S/C13H17NO3S/c1-8(2)18-7-11(15)14-10-6-4-5-9(3)12(10)13(16)17/h4-6,8H,7H2,1-3H3,(H,14,15)(H,16,17). The summed E-state index contributed by atoms with van der Waals surface area (Å²) < 4.78 is 0. The molecule has 18 heavy (non-hydrogen) atoms. The molecule has 0 radical (unpaired) electrons. The summed E-state index contributed by atoms with van der Waals surface area (Å²) in [5.74, 6) is -0.883. The second kappa shape index (κ2) is 6.44. The van der Waals surface area contributed by atoms with Crippen molar-refractivity contribution in [2.24, 2.45) is 0 Å². The van der Waals surface area contributed by atoms with Crippen LogP contribution in [-0.2, 0) is 4.79 Å². The number of thioether (sulfide) groups is 1. The molecule has 2 N–H and O–H groups in total. The van der Waals surface area contributed by atoms with Crippen molar-refractivity contribution in [3.05, 3.63) is 29.3 Å². The number of aryl methyl sites for hydroxylation is 1. The number of carboxylic acids is 1. The molecule has 1 amide bonds. The quantitative estimate of drug-likeness (QED) is 0.861. The molecule has 98 valence electrons. The van der Waals surface area contributed by atoms with Crippen LogP contribution in [0.5, 0.6) is 0 Å². The molecule has 1 rings (SSSR count). The van der Waals surface area contributed by atoms with Crippen molar-refractivity contribution in [2.75, 3.05) is 11.1 Å². The summed E-state index contributed by atoms with van der Waals surface area (Å²) in [6.45, 7) is 5.72. The molecule has 0 saturated carbocycles. The highest BCUT2D eigenvalue weighted by Crippen LogP contribution is 2.20. The monoisotopic (exact) mass is 267 g/mol. The molecule has 0 fully saturated rings. The number of anilines is 1.